The molecule has 1 heterocycles. The molecule has 8 heteroatoms. The highest BCUT2D eigenvalue weighted by Crippen LogP contribution is 2.45. The van der Waals surface area contributed by atoms with Crippen LogP contribution < -0.4 is 5.32 Å². The van der Waals surface area contributed by atoms with E-state index >= 15 is 0 Å². The topological polar surface area (TPSA) is 99.2 Å². The molecule has 1 saturated carbocycles. The number of aliphatic hydroxyl groups excluding tert-OH is 1. The lowest BCUT2D eigenvalue weighted by Gasteiger charge is -2.29. The molecule has 3 unspecified atom stereocenters. The fourth-order valence-corrected chi connectivity index (χ4v) is 3.94. The number of ether oxygens (including phenoxy) is 1. The fourth-order valence-electron chi connectivity index (χ4n) is 3.94. The number of rotatable bonds is 10. The first kappa shape index (κ1) is 23.9. The molecule has 4 atom stereocenters. The molecule has 0 bridgehead atoms. The van der Waals surface area contributed by atoms with Crippen LogP contribution in [0, 0.1) is 5.92 Å². The molecule has 3 amide bonds. The van der Waals surface area contributed by atoms with Crippen LogP contribution in [0.25, 0.3) is 0 Å². The Hall–Kier alpha value is -2.35. The van der Waals surface area contributed by atoms with Gasteiger partial charge in [-0.15, -0.1) is 6.58 Å². The summed E-state index contributed by atoms with van der Waals surface area (Å²) < 4.78 is 5.12. The highest BCUT2D eigenvalue weighted by atomic mass is 16.5. The number of carbonyl (C=O) groups is 3. The quantitative estimate of drug-likeness (QED) is 0.319. The van der Waals surface area contributed by atoms with Crippen LogP contribution in [0.2, 0.25) is 0 Å². The predicted octanol–water partition coefficient (Wildman–Crippen LogP) is 1.84. The summed E-state index contributed by atoms with van der Waals surface area (Å²) >= 11 is 0. The second-order valence-corrected chi connectivity index (χ2v) is 8.05. The number of urea groups is 1. The summed E-state index contributed by atoms with van der Waals surface area (Å²) in [6.45, 7) is 8.25. The van der Waals surface area contributed by atoms with Crippen LogP contribution in [0.4, 0.5) is 4.79 Å². The van der Waals surface area contributed by atoms with Gasteiger partial charge in [0.15, 0.2) is 0 Å². The Kier molecular flexibility index (Phi) is 8.46. The number of β-amino-alcohol motifs (C(OH)–C–C–N with tert-alkyl or cyclic N) is 1. The number of unbranched alkanes of at least 4 members (excludes halogenated alkanes) is 2. The van der Waals surface area contributed by atoms with Crippen molar-refractivity contribution in [3.8, 4) is 0 Å². The number of aliphatic hydroxyl groups is 1. The molecule has 0 aromatic heterocycles. The van der Waals surface area contributed by atoms with Crippen molar-refractivity contribution in [1.82, 2.24) is 15.1 Å². The number of hydrogen-bond acceptors (Lipinski definition) is 5. The average molecular weight is 422 g/mol. The van der Waals surface area contributed by atoms with E-state index in [0.29, 0.717) is 13.0 Å². The fraction of sp³-hybridized carbons (Fsp3) is 0.682. The van der Waals surface area contributed by atoms with Crippen molar-refractivity contribution in [2.24, 2.45) is 5.92 Å². The van der Waals surface area contributed by atoms with E-state index in [4.69, 9.17) is 4.74 Å². The maximum absolute atomic E-state index is 13.0. The maximum atomic E-state index is 13.0. The van der Waals surface area contributed by atoms with Gasteiger partial charge in [-0.25, -0.2) is 9.59 Å². The van der Waals surface area contributed by atoms with Gasteiger partial charge in [0.2, 0.25) is 5.91 Å². The summed E-state index contributed by atoms with van der Waals surface area (Å²) in [5.74, 6) is -0.903. The van der Waals surface area contributed by atoms with Gasteiger partial charge in [-0.1, -0.05) is 18.2 Å². The minimum Gasteiger partial charge on any atom is -0.464 e. The first-order chi connectivity index (χ1) is 14.3. The number of likely N-dealkylation sites (tertiary alicyclic amines) is 1. The van der Waals surface area contributed by atoms with Gasteiger partial charge >= 0.3 is 12.0 Å². The molecule has 2 N–H and O–H groups in total. The van der Waals surface area contributed by atoms with Crippen LogP contribution in [0.5, 0.6) is 0 Å². The highest BCUT2D eigenvalue weighted by molar-refractivity contribution is 5.93. The Labute approximate surface area is 178 Å². The first-order valence-electron chi connectivity index (χ1n) is 10.7. The molecule has 0 radical (unpaired) electrons. The van der Waals surface area contributed by atoms with Crippen molar-refractivity contribution < 1.29 is 24.2 Å². The van der Waals surface area contributed by atoms with Gasteiger partial charge in [-0.2, -0.15) is 0 Å². The molecule has 0 aromatic carbocycles. The van der Waals surface area contributed by atoms with E-state index in [-0.39, 0.29) is 31.4 Å². The van der Waals surface area contributed by atoms with Gasteiger partial charge in [0.1, 0.15) is 11.6 Å². The SMILES string of the molecule is C=CC1C[C@]1(NC(=O)N1CC(O)CC1C(=O)N(C)CCCCC=CC)C(=O)OCC. The standard InChI is InChI=1S/C22H35N3O5/c1-5-8-9-10-11-12-24(4)19(27)18-13-17(26)15-25(18)21(29)23-22(14-16(22)6-2)20(28)30-7-3/h5-6,8,16-18,26H,2,7,9-15H2,1,3-4H3,(H,23,29)/t16?,17?,18?,22-/m1/s1. The monoisotopic (exact) mass is 421 g/mol. The van der Waals surface area contributed by atoms with Crippen molar-refractivity contribution in [3.63, 3.8) is 0 Å². The third kappa shape index (κ3) is 5.41. The van der Waals surface area contributed by atoms with E-state index in [1.807, 2.05) is 13.0 Å². The molecular formula is C22H35N3O5. The molecule has 2 fully saturated rings. The predicted molar refractivity (Wildman–Crippen MR) is 114 cm³/mol. The Morgan fingerprint density at radius 1 is 1.37 bits per heavy atom. The highest BCUT2D eigenvalue weighted by Gasteiger charge is 2.62. The van der Waals surface area contributed by atoms with E-state index in [9.17, 15) is 19.5 Å². The molecule has 0 aromatic rings. The van der Waals surface area contributed by atoms with Crippen LogP contribution in [0.3, 0.4) is 0 Å². The number of allylic oxidation sites excluding steroid dienone is 2. The lowest BCUT2D eigenvalue weighted by atomic mass is 10.1. The van der Waals surface area contributed by atoms with Gasteiger partial charge in [-0.05, 0) is 39.5 Å². The zero-order chi connectivity index (χ0) is 22.3. The van der Waals surface area contributed by atoms with E-state index in [1.54, 1.807) is 24.9 Å². The number of carbonyl (C=O) groups excluding carboxylic acids is 3. The molecule has 1 aliphatic carbocycles. The van der Waals surface area contributed by atoms with Crippen molar-refractivity contribution in [2.45, 2.75) is 63.6 Å². The summed E-state index contributed by atoms with van der Waals surface area (Å²) in [5, 5.41) is 12.9. The molecule has 2 aliphatic rings. The third-order valence-corrected chi connectivity index (χ3v) is 5.82. The Bertz CT molecular complexity index is 680. The average Bonchev–Trinajstić information content (AvgIpc) is 3.30. The van der Waals surface area contributed by atoms with Crippen molar-refractivity contribution in [3.05, 3.63) is 24.8 Å². The van der Waals surface area contributed by atoms with E-state index < -0.39 is 29.7 Å². The Balaban J connectivity index is 2.00. The summed E-state index contributed by atoms with van der Waals surface area (Å²) in [6.07, 6.45) is 8.36. The number of nitrogens with zero attached hydrogens (tertiary/aromatic N) is 2. The van der Waals surface area contributed by atoms with Gasteiger partial charge in [0, 0.05) is 32.5 Å². The van der Waals surface area contributed by atoms with Gasteiger partial charge in [0.05, 0.1) is 12.7 Å². The molecule has 168 valence electrons. The second kappa shape index (κ2) is 10.6. The van der Waals surface area contributed by atoms with Crippen LogP contribution in [-0.4, -0.2) is 77.2 Å². The summed E-state index contributed by atoms with van der Waals surface area (Å²) in [6, 6.07) is -1.29. The largest absolute Gasteiger partial charge is 0.464 e. The number of likely N-dealkylation sites (N-methyl/N-ethyl adjacent to an activating group) is 1. The summed E-state index contributed by atoms with van der Waals surface area (Å²) in [7, 11) is 1.72. The number of hydrogen-bond donors (Lipinski definition) is 2. The summed E-state index contributed by atoms with van der Waals surface area (Å²) in [5.41, 5.74) is -1.13. The number of amides is 3. The Morgan fingerprint density at radius 2 is 2.10 bits per heavy atom. The second-order valence-electron chi connectivity index (χ2n) is 8.05. The molecule has 2 rings (SSSR count). The molecule has 0 spiro atoms. The van der Waals surface area contributed by atoms with Gasteiger partial charge in [0.25, 0.3) is 0 Å². The van der Waals surface area contributed by atoms with E-state index in [1.165, 1.54) is 4.90 Å². The van der Waals surface area contributed by atoms with Crippen molar-refractivity contribution in [1.29, 1.82) is 0 Å². The molecular weight excluding hydrogens is 386 g/mol. The molecule has 8 nitrogen and oxygen atoms in total. The third-order valence-electron chi connectivity index (χ3n) is 5.82. The molecule has 30 heavy (non-hydrogen) atoms. The smallest absolute Gasteiger partial charge is 0.332 e. The lowest BCUT2D eigenvalue weighted by molar-refractivity contribution is -0.147. The minimum atomic E-state index is -1.13. The van der Waals surface area contributed by atoms with Gasteiger partial charge < -0.3 is 25.0 Å². The van der Waals surface area contributed by atoms with Crippen LogP contribution in [-0.2, 0) is 14.3 Å². The molecule has 1 saturated heterocycles. The minimum absolute atomic E-state index is 0.0506. The van der Waals surface area contributed by atoms with E-state index in [2.05, 4.69) is 18.0 Å². The zero-order valence-electron chi connectivity index (χ0n) is 18.3. The van der Waals surface area contributed by atoms with Crippen LogP contribution in [0.15, 0.2) is 24.8 Å². The number of nitrogens with one attached hydrogen (secondary N) is 1. The Morgan fingerprint density at radius 3 is 2.70 bits per heavy atom. The van der Waals surface area contributed by atoms with E-state index in [0.717, 1.165) is 19.3 Å². The summed E-state index contributed by atoms with van der Waals surface area (Å²) in [4.78, 5) is 41.3. The lowest BCUT2D eigenvalue weighted by Crippen LogP contribution is -2.55. The van der Waals surface area contributed by atoms with Crippen LogP contribution in [0.1, 0.15) is 46.0 Å². The maximum Gasteiger partial charge on any atom is 0.332 e. The van der Waals surface area contributed by atoms with Gasteiger partial charge in [-0.3, -0.25) is 4.79 Å². The van der Waals surface area contributed by atoms with Crippen molar-refractivity contribution in [2.75, 3.05) is 26.7 Å². The van der Waals surface area contributed by atoms with Crippen LogP contribution >= 0.6 is 0 Å². The zero-order valence-corrected chi connectivity index (χ0v) is 18.3. The van der Waals surface area contributed by atoms with Crippen molar-refractivity contribution >= 4 is 17.9 Å². The normalized spacial score (nSPS) is 27.7. The number of esters is 1. The first-order valence-corrected chi connectivity index (χ1v) is 10.7. The molecule has 1 aliphatic heterocycles.